The molecule has 0 aliphatic carbocycles. The van der Waals surface area contributed by atoms with Crippen molar-refractivity contribution in [2.75, 3.05) is 12.4 Å². The summed E-state index contributed by atoms with van der Waals surface area (Å²) in [6.45, 7) is 0. The van der Waals surface area contributed by atoms with Gasteiger partial charge in [0.25, 0.3) is 5.91 Å². The van der Waals surface area contributed by atoms with Crippen LogP contribution in [-0.2, 0) is 0 Å². The Bertz CT molecular complexity index is 1370. The molecular formula is C22H15BrN2O4S. The van der Waals surface area contributed by atoms with Crippen LogP contribution >= 0.6 is 28.1 Å². The molecule has 0 unspecified atom stereocenters. The highest BCUT2D eigenvalue weighted by Crippen LogP contribution is 2.36. The molecule has 1 heterocycles. The number of carbonyl (C=O) groups excluding carboxylic acids is 1. The van der Waals surface area contributed by atoms with Gasteiger partial charge in [0.2, 0.25) is 0 Å². The Morgan fingerprint density at radius 1 is 1.07 bits per heavy atom. The molecule has 1 aromatic heterocycles. The van der Waals surface area contributed by atoms with Gasteiger partial charge in [-0.05, 0) is 69.3 Å². The highest BCUT2D eigenvalue weighted by Gasteiger charge is 2.19. The molecule has 150 valence electrons. The molecule has 4 rings (SSSR count). The van der Waals surface area contributed by atoms with Gasteiger partial charge in [0, 0.05) is 17.1 Å². The van der Waals surface area contributed by atoms with Crippen molar-refractivity contribution in [2.45, 2.75) is 0 Å². The topological polar surface area (TPSA) is 80.6 Å². The molecule has 8 heteroatoms. The second-order valence-corrected chi connectivity index (χ2v) is 7.61. The second-order valence-electron chi connectivity index (χ2n) is 6.41. The number of hydrogen-bond acceptors (Lipinski definition) is 5. The van der Waals surface area contributed by atoms with E-state index in [0.29, 0.717) is 27.1 Å². The van der Waals surface area contributed by atoms with Crippen molar-refractivity contribution in [3.8, 4) is 5.75 Å². The summed E-state index contributed by atoms with van der Waals surface area (Å²) in [7, 11) is 1.51. The lowest BCUT2D eigenvalue weighted by Gasteiger charge is -2.14. The molecule has 0 spiro atoms. The molecule has 1 amide bonds. The average molecular weight is 483 g/mol. The van der Waals surface area contributed by atoms with Crippen LogP contribution in [0.4, 0.5) is 5.69 Å². The van der Waals surface area contributed by atoms with Gasteiger partial charge in [0.15, 0.2) is 5.11 Å². The molecule has 0 atom stereocenters. The normalized spacial score (nSPS) is 10.7. The minimum atomic E-state index is -0.415. The largest absolute Gasteiger partial charge is 0.495 e. The summed E-state index contributed by atoms with van der Waals surface area (Å²) in [6, 6.07) is 17.6. The number of fused-ring (bicyclic) bond motifs is 2. The number of anilines is 1. The first-order valence-electron chi connectivity index (χ1n) is 8.88. The van der Waals surface area contributed by atoms with E-state index in [1.807, 2.05) is 24.3 Å². The van der Waals surface area contributed by atoms with Crippen LogP contribution < -0.4 is 21.0 Å². The number of halogens is 1. The Morgan fingerprint density at radius 2 is 1.87 bits per heavy atom. The van der Waals surface area contributed by atoms with Crippen LogP contribution in [0, 0.1) is 0 Å². The van der Waals surface area contributed by atoms with Crippen LogP contribution in [0.25, 0.3) is 21.7 Å². The van der Waals surface area contributed by atoms with Crippen molar-refractivity contribution >= 4 is 66.6 Å². The molecule has 0 fully saturated rings. The van der Waals surface area contributed by atoms with Gasteiger partial charge in [0.1, 0.15) is 11.3 Å². The maximum atomic E-state index is 12.9. The van der Waals surface area contributed by atoms with Gasteiger partial charge < -0.3 is 14.5 Å². The van der Waals surface area contributed by atoms with Crippen LogP contribution in [0.1, 0.15) is 10.4 Å². The quantitative estimate of drug-likeness (QED) is 0.321. The highest BCUT2D eigenvalue weighted by atomic mass is 79.9. The van der Waals surface area contributed by atoms with Crippen LogP contribution in [0.3, 0.4) is 0 Å². The summed E-state index contributed by atoms with van der Waals surface area (Å²) in [5.41, 5.74) is 1.05. The first-order valence-corrected chi connectivity index (χ1v) is 10.1. The van der Waals surface area contributed by atoms with Gasteiger partial charge >= 0.3 is 5.63 Å². The van der Waals surface area contributed by atoms with Gasteiger partial charge in [-0.3, -0.25) is 10.1 Å². The number of methoxy groups -OCH3 is 1. The van der Waals surface area contributed by atoms with Crippen molar-refractivity contribution in [3.63, 3.8) is 0 Å². The zero-order valence-electron chi connectivity index (χ0n) is 15.7. The third kappa shape index (κ3) is 3.92. The zero-order valence-corrected chi connectivity index (χ0v) is 18.1. The summed E-state index contributed by atoms with van der Waals surface area (Å²) in [6.07, 6.45) is 0. The molecule has 0 aliphatic rings. The van der Waals surface area contributed by atoms with Crippen molar-refractivity contribution < 1.29 is 13.9 Å². The minimum Gasteiger partial charge on any atom is -0.495 e. The smallest absolute Gasteiger partial charge is 0.336 e. The van der Waals surface area contributed by atoms with Crippen molar-refractivity contribution in [2.24, 2.45) is 0 Å². The van der Waals surface area contributed by atoms with Gasteiger partial charge in [-0.25, -0.2) is 4.79 Å². The molecule has 0 saturated carbocycles. The Kier molecular flexibility index (Phi) is 5.52. The summed E-state index contributed by atoms with van der Waals surface area (Å²) in [5, 5.41) is 8.33. The Labute approximate surface area is 185 Å². The average Bonchev–Trinajstić information content (AvgIpc) is 2.73. The number of nitrogens with one attached hydrogen (secondary N) is 2. The Balaban J connectivity index is 1.57. The zero-order chi connectivity index (χ0) is 21.3. The molecule has 4 aromatic rings. The molecule has 0 bridgehead atoms. The highest BCUT2D eigenvalue weighted by molar-refractivity contribution is 9.10. The van der Waals surface area contributed by atoms with Gasteiger partial charge in [-0.15, -0.1) is 0 Å². The summed E-state index contributed by atoms with van der Waals surface area (Å²) in [4.78, 5) is 24.2. The third-order valence-electron chi connectivity index (χ3n) is 4.49. The minimum absolute atomic E-state index is 0.128. The fraction of sp³-hybridized carbons (Fsp3) is 0.0455. The first kappa shape index (κ1) is 20.1. The van der Waals surface area contributed by atoms with Crippen molar-refractivity contribution in [1.29, 1.82) is 0 Å². The van der Waals surface area contributed by atoms with E-state index in [9.17, 15) is 9.59 Å². The lowest BCUT2D eigenvalue weighted by molar-refractivity contribution is 0.0975. The number of rotatable bonds is 3. The van der Waals surface area contributed by atoms with E-state index in [0.717, 1.165) is 16.2 Å². The third-order valence-corrected chi connectivity index (χ3v) is 5.49. The van der Waals surface area contributed by atoms with E-state index < -0.39 is 11.5 Å². The Morgan fingerprint density at radius 3 is 2.67 bits per heavy atom. The van der Waals surface area contributed by atoms with E-state index in [2.05, 4.69) is 26.6 Å². The monoisotopic (exact) mass is 482 g/mol. The Hall–Kier alpha value is -3.23. The number of amides is 1. The molecule has 0 radical (unpaired) electrons. The maximum absolute atomic E-state index is 12.9. The molecule has 2 N–H and O–H groups in total. The van der Waals surface area contributed by atoms with Crippen LogP contribution in [0.2, 0.25) is 0 Å². The summed E-state index contributed by atoms with van der Waals surface area (Å²) < 4.78 is 11.3. The van der Waals surface area contributed by atoms with Gasteiger partial charge in [-0.2, -0.15) is 0 Å². The van der Waals surface area contributed by atoms with E-state index in [1.54, 1.807) is 30.3 Å². The second kappa shape index (κ2) is 8.25. The molecule has 0 aliphatic heterocycles. The van der Waals surface area contributed by atoms with Crippen molar-refractivity contribution in [1.82, 2.24) is 5.32 Å². The number of thiocarbonyl (C=S) groups is 1. The lowest BCUT2D eigenvalue weighted by atomic mass is 10.1. The summed E-state index contributed by atoms with van der Waals surface area (Å²) >= 11 is 8.82. The SMILES string of the molecule is COc1c(C(=O)NC(=S)Nc2ccc3oc(=O)ccc3c2)cc2ccccc2c1Br. The van der Waals surface area contributed by atoms with Crippen LogP contribution in [-0.4, -0.2) is 18.1 Å². The predicted molar refractivity (Wildman–Crippen MR) is 124 cm³/mol. The number of benzene rings is 3. The van der Waals surface area contributed by atoms with E-state index in [1.165, 1.54) is 13.2 Å². The van der Waals surface area contributed by atoms with E-state index >= 15 is 0 Å². The number of carbonyl (C=O) groups is 1. The van der Waals surface area contributed by atoms with Crippen LogP contribution in [0.15, 0.2) is 74.3 Å². The van der Waals surface area contributed by atoms with E-state index in [-0.39, 0.29) is 5.11 Å². The van der Waals surface area contributed by atoms with Gasteiger partial charge in [0.05, 0.1) is 17.1 Å². The standard InChI is InChI=1S/C22H15BrN2O4S/c1-28-20-16(11-12-4-2-3-5-15(12)19(20)23)21(27)25-22(30)24-14-7-8-17-13(10-14)6-9-18(26)29-17/h2-11H,1H3,(H2,24,25,27,30). The van der Waals surface area contributed by atoms with Crippen molar-refractivity contribution in [3.05, 3.63) is 81.1 Å². The summed E-state index contributed by atoms with van der Waals surface area (Å²) in [5.74, 6) is 0.0253. The number of ether oxygens (including phenoxy) is 1. The first-order chi connectivity index (χ1) is 14.5. The lowest BCUT2D eigenvalue weighted by Crippen LogP contribution is -2.34. The molecule has 0 saturated heterocycles. The fourth-order valence-corrected chi connectivity index (χ4v) is 4.08. The number of hydrogen-bond donors (Lipinski definition) is 2. The van der Waals surface area contributed by atoms with Gasteiger partial charge in [-0.1, -0.05) is 24.3 Å². The molecule has 6 nitrogen and oxygen atoms in total. The maximum Gasteiger partial charge on any atom is 0.336 e. The molecule has 30 heavy (non-hydrogen) atoms. The predicted octanol–water partition coefficient (Wildman–Crippen LogP) is 4.84. The van der Waals surface area contributed by atoms with E-state index in [4.69, 9.17) is 21.4 Å². The fourth-order valence-electron chi connectivity index (χ4n) is 3.13. The molecule has 3 aromatic carbocycles. The van der Waals surface area contributed by atoms with Crippen LogP contribution in [0.5, 0.6) is 5.75 Å². The molecular weight excluding hydrogens is 468 g/mol.